The Balaban J connectivity index is 0.906. The first-order chi connectivity index (χ1) is 28.1. The fourth-order valence-electron chi connectivity index (χ4n) is 8.87. The van der Waals surface area contributed by atoms with Crippen LogP contribution in [0.5, 0.6) is 0 Å². The number of piperidine rings is 1. The molecule has 0 radical (unpaired) electrons. The highest BCUT2D eigenvalue weighted by atomic mass is 16.5. The van der Waals surface area contributed by atoms with Gasteiger partial charge in [-0.2, -0.15) is 5.10 Å². The van der Waals surface area contributed by atoms with E-state index in [-0.39, 0.29) is 29.5 Å². The van der Waals surface area contributed by atoms with Gasteiger partial charge in [0.1, 0.15) is 29.1 Å². The number of Topliss-reactive ketones (excluding diaryl/α,β-unsaturated/α-hetero) is 1. The van der Waals surface area contributed by atoms with E-state index in [1.54, 1.807) is 0 Å². The first-order valence-corrected chi connectivity index (χ1v) is 20.6. The molecule has 4 aromatic heterocycles. The Morgan fingerprint density at radius 2 is 1.84 bits per heavy atom. The third-order valence-corrected chi connectivity index (χ3v) is 12.1. The van der Waals surface area contributed by atoms with Gasteiger partial charge < -0.3 is 19.7 Å². The van der Waals surface area contributed by atoms with Crippen molar-refractivity contribution in [2.45, 2.75) is 117 Å². The number of aryl methyl sites for hydroxylation is 5. The van der Waals surface area contributed by atoms with E-state index in [1.165, 1.54) is 11.1 Å². The van der Waals surface area contributed by atoms with Gasteiger partial charge in [0.2, 0.25) is 11.8 Å². The summed E-state index contributed by atoms with van der Waals surface area (Å²) < 4.78 is 7.47. The summed E-state index contributed by atoms with van der Waals surface area (Å²) in [5.74, 6) is 2.32. The lowest BCUT2D eigenvalue weighted by molar-refractivity contribution is -0.136. The van der Waals surface area contributed by atoms with E-state index in [4.69, 9.17) is 19.6 Å². The summed E-state index contributed by atoms with van der Waals surface area (Å²) in [5.41, 5.74) is 10.9. The number of hydrogen-bond acceptors (Lipinski definition) is 10. The van der Waals surface area contributed by atoms with Gasteiger partial charge in [-0.25, -0.2) is 14.6 Å². The summed E-state index contributed by atoms with van der Waals surface area (Å²) >= 11 is 0. The van der Waals surface area contributed by atoms with Crippen LogP contribution in [0, 0.1) is 20.8 Å². The second-order valence-electron chi connectivity index (χ2n) is 16.1. The topological polar surface area (TPSA) is 164 Å². The zero-order chi connectivity index (χ0) is 40.2. The molecule has 0 spiro atoms. The summed E-state index contributed by atoms with van der Waals surface area (Å²) in [5, 5.41) is 16.9. The Labute approximate surface area is 336 Å². The largest absolute Gasteiger partial charge is 0.361 e. The number of hydrogen-bond donors (Lipinski definition) is 3. The number of aromatic amines is 1. The number of ketones is 1. The fraction of sp³-hybridized carbons (Fsp3) is 0.400. The van der Waals surface area contributed by atoms with Crippen LogP contribution >= 0.6 is 0 Å². The highest BCUT2D eigenvalue weighted by Gasteiger charge is 2.37. The van der Waals surface area contributed by atoms with E-state index >= 15 is 0 Å². The van der Waals surface area contributed by atoms with Gasteiger partial charge in [-0.1, -0.05) is 42.8 Å². The standard InChI is InChI=1S/C45H49N9O4/c1-6-54-38(22-34(51-54)29-16-17-29)47-44-41-32-20-24(2)31(40-25(3)52-58-27(40)5)21-35(32)46-43(41)49-42(50-44)37(55)15-10-8-7-9-12-28-13-11-14-30-26(4)53(23-33(28)30)36-18-19-39(56)48-45(36)57/h11,13-14,20-22,29,36H,4,6-10,12,15-19,23H2,1-3,5H3,(H,48,56,57)(H2,46,47,49,50). The van der Waals surface area contributed by atoms with Gasteiger partial charge in [0.05, 0.1) is 16.8 Å². The first kappa shape index (κ1) is 37.5. The summed E-state index contributed by atoms with van der Waals surface area (Å²) in [4.78, 5) is 53.5. The molecule has 58 heavy (non-hydrogen) atoms. The molecule has 2 fully saturated rings. The predicted molar refractivity (Wildman–Crippen MR) is 223 cm³/mol. The van der Waals surface area contributed by atoms with Crippen LogP contribution in [0.3, 0.4) is 0 Å². The lowest BCUT2D eigenvalue weighted by Crippen LogP contribution is -2.50. The van der Waals surface area contributed by atoms with E-state index in [2.05, 4.69) is 77.6 Å². The molecule has 1 aliphatic carbocycles. The second-order valence-corrected chi connectivity index (χ2v) is 16.1. The number of carbonyl (C=O) groups is 3. The van der Waals surface area contributed by atoms with Crippen molar-refractivity contribution < 1.29 is 18.9 Å². The molecular formula is C45H49N9O4. The SMILES string of the molecule is C=C1c2cccc(CCCCCCC(=O)c3nc(Nc4cc(C5CC5)nn4CC)c4c(n3)[nH]c3cc(-c5c(C)noc5C)c(C)cc34)c2CN1C1CCC(=O)NC1=O. The predicted octanol–water partition coefficient (Wildman–Crippen LogP) is 8.50. The quantitative estimate of drug-likeness (QED) is 0.0555. The molecular weight excluding hydrogens is 731 g/mol. The molecule has 1 saturated heterocycles. The molecule has 6 aromatic rings. The molecule has 9 rings (SSSR count). The third-order valence-electron chi connectivity index (χ3n) is 12.1. The van der Waals surface area contributed by atoms with Crippen molar-refractivity contribution in [3.63, 3.8) is 0 Å². The van der Waals surface area contributed by atoms with Crippen molar-refractivity contribution in [3.05, 3.63) is 88.2 Å². The molecule has 298 valence electrons. The smallest absolute Gasteiger partial charge is 0.249 e. The van der Waals surface area contributed by atoms with Gasteiger partial charge >= 0.3 is 0 Å². The van der Waals surface area contributed by atoms with Crippen LogP contribution in [0.4, 0.5) is 11.6 Å². The van der Waals surface area contributed by atoms with E-state index in [0.29, 0.717) is 49.7 Å². The van der Waals surface area contributed by atoms with Crippen molar-refractivity contribution >= 4 is 56.9 Å². The molecule has 2 aliphatic heterocycles. The Hall–Kier alpha value is -6.11. The zero-order valence-electron chi connectivity index (χ0n) is 33.6. The maximum absolute atomic E-state index is 13.8. The number of nitrogens with zero attached hydrogens (tertiary/aromatic N) is 6. The second kappa shape index (κ2) is 15.0. The van der Waals surface area contributed by atoms with Crippen molar-refractivity contribution in [3.8, 4) is 11.1 Å². The molecule has 13 nitrogen and oxygen atoms in total. The Morgan fingerprint density at radius 3 is 2.60 bits per heavy atom. The van der Waals surface area contributed by atoms with Crippen molar-refractivity contribution in [2.24, 2.45) is 0 Å². The molecule has 2 amide bonds. The number of fused-ring (bicyclic) bond motifs is 4. The Kier molecular flexibility index (Phi) is 9.69. The number of aromatic nitrogens is 6. The Morgan fingerprint density at radius 1 is 1.02 bits per heavy atom. The van der Waals surface area contributed by atoms with E-state index < -0.39 is 0 Å². The zero-order valence-corrected chi connectivity index (χ0v) is 33.6. The maximum atomic E-state index is 13.8. The summed E-state index contributed by atoms with van der Waals surface area (Å²) in [6.07, 6.45) is 7.98. The maximum Gasteiger partial charge on any atom is 0.249 e. The molecule has 3 aliphatic rings. The van der Waals surface area contributed by atoms with E-state index in [0.717, 1.165) is 112 Å². The lowest BCUT2D eigenvalue weighted by atomic mass is 9.97. The molecule has 1 unspecified atom stereocenters. The van der Waals surface area contributed by atoms with Crippen LogP contribution in [0.15, 0.2) is 47.5 Å². The van der Waals surface area contributed by atoms with Crippen molar-refractivity contribution in [2.75, 3.05) is 5.32 Å². The van der Waals surface area contributed by atoms with E-state index in [1.807, 2.05) is 23.4 Å². The number of H-pyrrole nitrogens is 1. The number of anilines is 2. The number of rotatable bonds is 14. The highest BCUT2D eigenvalue weighted by molar-refractivity contribution is 6.13. The summed E-state index contributed by atoms with van der Waals surface area (Å²) in [7, 11) is 0. The van der Waals surface area contributed by atoms with Gasteiger partial charge in [-0.3, -0.25) is 19.7 Å². The van der Waals surface area contributed by atoms with Crippen molar-refractivity contribution in [1.29, 1.82) is 0 Å². The normalized spacial score (nSPS) is 16.8. The molecule has 1 saturated carbocycles. The molecule has 13 heteroatoms. The van der Waals surface area contributed by atoms with Gasteiger partial charge in [-0.05, 0) is 101 Å². The van der Waals surface area contributed by atoms with Gasteiger partial charge in [0, 0.05) is 65.6 Å². The number of imide groups is 1. The minimum Gasteiger partial charge on any atom is -0.361 e. The summed E-state index contributed by atoms with van der Waals surface area (Å²) in [6.45, 7) is 13.7. The van der Waals surface area contributed by atoms with Gasteiger partial charge in [0.15, 0.2) is 11.6 Å². The van der Waals surface area contributed by atoms with Gasteiger partial charge in [0.25, 0.3) is 0 Å². The molecule has 1 atom stereocenters. The number of carbonyl (C=O) groups excluding carboxylic acids is 3. The molecule has 6 heterocycles. The van der Waals surface area contributed by atoms with Gasteiger partial charge in [-0.15, -0.1) is 0 Å². The van der Waals surface area contributed by atoms with Crippen LogP contribution in [0.1, 0.15) is 121 Å². The number of unbranched alkanes of at least 4 members (excludes halogenated alkanes) is 3. The summed E-state index contributed by atoms with van der Waals surface area (Å²) in [6, 6.07) is 12.3. The molecule has 3 N–H and O–H groups in total. The van der Waals surface area contributed by atoms with Crippen LogP contribution < -0.4 is 10.6 Å². The minimum absolute atomic E-state index is 0.0909. The monoisotopic (exact) mass is 779 g/mol. The third kappa shape index (κ3) is 6.86. The average Bonchev–Trinajstić information content (AvgIpc) is 3.59. The highest BCUT2D eigenvalue weighted by Crippen LogP contribution is 2.42. The van der Waals surface area contributed by atoms with Crippen LogP contribution in [-0.4, -0.2) is 58.4 Å². The van der Waals surface area contributed by atoms with E-state index in [9.17, 15) is 14.4 Å². The number of amides is 2. The first-order valence-electron chi connectivity index (χ1n) is 20.6. The van der Waals surface area contributed by atoms with Crippen LogP contribution in [0.25, 0.3) is 38.8 Å². The van der Waals surface area contributed by atoms with Crippen LogP contribution in [0.2, 0.25) is 0 Å². The number of benzene rings is 2. The Bertz CT molecular complexity index is 2630. The molecule has 2 aromatic carbocycles. The average molecular weight is 780 g/mol. The van der Waals surface area contributed by atoms with Crippen molar-refractivity contribution in [1.82, 2.24) is 40.1 Å². The minimum atomic E-state index is -0.383. The molecule has 0 bridgehead atoms. The fourth-order valence-corrected chi connectivity index (χ4v) is 8.87. The lowest BCUT2D eigenvalue weighted by Gasteiger charge is -2.31. The van der Waals surface area contributed by atoms with Crippen LogP contribution in [-0.2, 0) is 29.1 Å². The number of nitrogens with one attached hydrogen (secondary N) is 3.